The predicted octanol–water partition coefficient (Wildman–Crippen LogP) is 4.81. The summed E-state index contributed by atoms with van der Waals surface area (Å²) in [5.74, 6) is 0.166. The number of benzene rings is 1. The summed E-state index contributed by atoms with van der Waals surface area (Å²) in [4.78, 5) is 20.6. The molecule has 2 rings (SSSR count). The van der Waals surface area contributed by atoms with Crippen molar-refractivity contribution in [1.29, 1.82) is 0 Å². The number of halogens is 3. The fraction of sp³-hybridized carbons (Fsp3) is 0.214. The first kappa shape index (κ1) is 16.0. The van der Waals surface area contributed by atoms with Gasteiger partial charge in [0.15, 0.2) is 5.69 Å². The Morgan fingerprint density at radius 2 is 1.90 bits per heavy atom. The van der Waals surface area contributed by atoms with Crippen LogP contribution in [0.25, 0.3) is 0 Å². The molecule has 2 aromatic rings. The van der Waals surface area contributed by atoms with Crippen LogP contribution in [0.1, 0.15) is 36.1 Å². The smallest absolute Gasteiger partial charge is 0.275 e. The Bertz CT molecular complexity index is 689. The molecule has 0 radical (unpaired) electrons. The molecule has 0 spiro atoms. The highest BCUT2D eigenvalue weighted by Gasteiger charge is 2.16. The summed E-state index contributed by atoms with van der Waals surface area (Å²) in [6.07, 6.45) is 1.42. The number of amides is 1. The van der Waals surface area contributed by atoms with Crippen LogP contribution in [0.4, 0.5) is 5.69 Å². The number of hydrogen-bond donors (Lipinski definition) is 1. The first-order valence-electron chi connectivity index (χ1n) is 6.17. The summed E-state index contributed by atoms with van der Waals surface area (Å²) in [5.41, 5.74) is 0.501. The van der Waals surface area contributed by atoms with Gasteiger partial charge in [-0.05, 0) is 18.2 Å². The SMILES string of the molecule is CC(C)c1ncc(Cl)c(C(=O)Nc2cc(Cl)ccc2Cl)n1. The van der Waals surface area contributed by atoms with E-state index >= 15 is 0 Å². The summed E-state index contributed by atoms with van der Waals surface area (Å²) in [6.45, 7) is 3.86. The molecule has 0 aliphatic heterocycles. The molecule has 110 valence electrons. The maximum Gasteiger partial charge on any atom is 0.275 e. The van der Waals surface area contributed by atoms with Crippen molar-refractivity contribution >= 4 is 46.4 Å². The molecule has 0 atom stereocenters. The van der Waals surface area contributed by atoms with Crippen LogP contribution in [-0.4, -0.2) is 15.9 Å². The molecular formula is C14H12Cl3N3O. The molecule has 0 aliphatic rings. The molecule has 0 fully saturated rings. The van der Waals surface area contributed by atoms with Crippen molar-refractivity contribution in [2.24, 2.45) is 0 Å². The van der Waals surface area contributed by atoms with Gasteiger partial charge in [0.1, 0.15) is 5.82 Å². The largest absolute Gasteiger partial charge is 0.319 e. The lowest BCUT2D eigenvalue weighted by atomic mass is 10.2. The second-order valence-corrected chi connectivity index (χ2v) is 5.91. The Morgan fingerprint density at radius 3 is 2.57 bits per heavy atom. The van der Waals surface area contributed by atoms with Gasteiger partial charge < -0.3 is 5.32 Å². The molecule has 4 nitrogen and oxygen atoms in total. The Hall–Kier alpha value is -1.36. The number of carbonyl (C=O) groups excluding carboxylic acids is 1. The zero-order chi connectivity index (χ0) is 15.6. The molecule has 7 heteroatoms. The Balaban J connectivity index is 2.32. The molecule has 1 aromatic heterocycles. The van der Waals surface area contributed by atoms with E-state index in [1.165, 1.54) is 6.20 Å². The van der Waals surface area contributed by atoms with Crippen LogP contribution in [0, 0.1) is 0 Å². The van der Waals surface area contributed by atoms with Crippen molar-refractivity contribution in [3.8, 4) is 0 Å². The molecule has 21 heavy (non-hydrogen) atoms. The van der Waals surface area contributed by atoms with Gasteiger partial charge in [0.2, 0.25) is 0 Å². The van der Waals surface area contributed by atoms with Gasteiger partial charge in [-0.1, -0.05) is 48.7 Å². The lowest BCUT2D eigenvalue weighted by molar-refractivity contribution is 0.102. The normalized spacial score (nSPS) is 10.8. The molecule has 0 aliphatic carbocycles. The average Bonchev–Trinajstić information content (AvgIpc) is 2.43. The maximum absolute atomic E-state index is 12.3. The molecule has 1 N–H and O–H groups in total. The van der Waals surface area contributed by atoms with E-state index in [0.717, 1.165) is 0 Å². The topological polar surface area (TPSA) is 54.9 Å². The van der Waals surface area contributed by atoms with Crippen LogP contribution in [-0.2, 0) is 0 Å². The van der Waals surface area contributed by atoms with Gasteiger partial charge in [0.05, 0.1) is 21.9 Å². The summed E-state index contributed by atoms with van der Waals surface area (Å²) in [7, 11) is 0. The summed E-state index contributed by atoms with van der Waals surface area (Å²) < 4.78 is 0. The van der Waals surface area contributed by atoms with E-state index in [0.29, 0.717) is 21.6 Å². The lowest BCUT2D eigenvalue weighted by Gasteiger charge is -2.10. The average molecular weight is 345 g/mol. The molecule has 0 saturated heterocycles. The standard InChI is InChI=1S/C14H12Cl3N3O/c1-7(2)13-18-6-10(17)12(20-13)14(21)19-11-5-8(15)3-4-9(11)16/h3-7H,1-2H3,(H,19,21). The Kier molecular flexibility index (Phi) is 5.04. The number of hydrogen-bond acceptors (Lipinski definition) is 3. The molecule has 0 unspecified atom stereocenters. The van der Waals surface area contributed by atoms with Crippen molar-refractivity contribution in [2.75, 3.05) is 5.32 Å². The number of nitrogens with zero attached hydrogens (tertiary/aromatic N) is 2. The minimum atomic E-state index is -0.464. The van der Waals surface area contributed by atoms with Gasteiger partial charge in [-0.2, -0.15) is 0 Å². The minimum absolute atomic E-state index is 0.0866. The highest BCUT2D eigenvalue weighted by atomic mass is 35.5. The number of nitrogens with one attached hydrogen (secondary N) is 1. The zero-order valence-corrected chi connectivity index (χ0v) is 13.6. The highest BCUT2D eigenvalue weighted by Crippen LogP contribution is 2.26. The third kappa shape index (κ3) is 3.84. The van der Waals surface area contributed by atoms with E-state index in [2.05, 4.69) is 15.3 Å². The minimum Gasteiger partial charge on any atom is -0.319 e. The number of anilines is 1. The Morgan fingerprint density at radius 1 is 1.19 bits per heavy atom. The third-order valence-corrected chi connectivity index (χ3v) is 3.51. The monoisotopic (exact) mass is 343 g/mol. The van der Waals surface area contributed by atoms with E-state index < -0.39 is 5.91 Å². The van der Waals surface area contributed by atoms with Crippen LogP contribution in [0.5, 0.6) is 0 Å². The molecular weight excluding hydrogens is 333 g/mol. The number of rotatable bonds is 3. The summed E-state index contributed by atoms with van der Waals surface area (Å²) in [5, 5.41) is 3.66. The van der Waals surface area contributed by atoms with E-state index in [1.807, 2.05) is 13.8 Å². The quantitative estimate of drug-likeness (QED) is 0.869. The van der Waals surface area contributed by atoms with Gasteiger partial charge >= 0.3 is 0 Å². The van der Waals surface area contributed by atoms with Crippen LogP contribution in [0.3, 0.4) is 0 Å². The zero-order valence-electron chi connectivity index (χ0n) is 11.3. The first-order chi connectivity index (χ1) is 9.88. The fourth-order valence-corrected chi connectivity index (χ4v) is 2.11. The van der Waals surface area contributed by atoms with Gasteiger partial charge in [-0.15, -0.1) is 0 Å². The molecule has 1 heterocycles. The van der Waals surface area contributed by atoms with Gasteiger partial charge in [0.25, 0.3) is 5.91 Å². The van der Waals surface area contributed by atoms with Crippen LogP contribution in [0.15, 0.2) is 24.4 Å². The predicted molar refractivity (Wildman–Crippen MR) is 85.5 cm³/mol. The maximum atomic E-state index is 12.3. The highest BCUT2D eigenvalue weighted by molar-refractivity contribution is 6.36. The summed E-state index contributed by atoms with van der Waals surface area (Å²) in [6, 6.07) is 4.79. The number of carbonyl (C=O) groups is 1. The van der Waals surface area contributed by atoms with E-state index in [1.54, 1.807) is 18.2 Å². The van der Waals surface area contributed by atoms with Crippen molar-refractivity contribution < 1.29 is 4.79 Å². The van der Waals surface area contributed by atoms with Crippen molar-refractivity contribution in [1.82, 2.24) is 9.97 Å². The van der Waals surface area contributed by atoms with Crippen LogP contribution < -0.4 is 5.32 Å². The molecule has 1 aromatic carbocycles. The van der Waals surface area contributed by atoms with E-state index in [-0.39, 0.29) is 16.6 Å². The van der Waals surface area contributed by atoms with Crippen LogP contribution >= 0.6 is 34.8 Å². The molecule has 0 saturated carbocycles. The Labute approximate surface area is 137 Å². The van der Waals surface area contributed by atoms with Crippen molar-refractivity contribution in [2.45, 2.75) is 19.8 Å². The third-order valence-electron chi connectivity index (χ3n) is 2.67. The molecule has 1 amide bonds. The van der Waals surface area contributed by atoms with Gasteiger partial charge in [0, 0.05) is 10.9 Å². The second-order valence-electron chi connectivity index (χ2n) is 4.66. The fourth-order valence-electron chi connectivity index (χ4n) is 1.59. The van der Waals surface area contributed by atoms with Gasteiger partial charge in [-0.25, -0.2) is 9.97 Å². The van der Waals surface area contributed by atoms with Crippen LogP contribution in [0.2, 0.25) is 15.1 Å². The first-order valence-corrected chi connectivity index (χ1v) is 7.30. The summed E-state index contributed by atoms with van der Waals surface area (Å²) >= 11 is 17.9. The lowest BCUT2D eigenvalue weighted by Crippen LogP contribution is -2.16. The van der Waals surface area contributed by atoms with E-state index in [9.17, 15) is 4.79 Å². The molecule has 0 bridgehead atoms. The van der Waals surface area contributed by atoms with Crippen molar-refractivity contribution in [3.63, 3.8) is 0 Å². The van der Waals surface area contributed by atoms with Crippen molar-refractivity contribution in [3.05, 3.63) is 51.0 Å². The number of aromatic nitrogens is 2. The second kappa shape index (κ2) is 6.60. The van der Waals surface area contributed by atoms with Gasteiger partial charge in [-0.3, -0.25) is 4.79 Å². The van der Waals surface area contributed by atoms with E-state index in [4.69, 9.17) is 34.8 Å².